The molecule has 0 radical (unpaired) electrons. The highest BCUT2D eigenvalue weighted by Gasteiger charge is 2.25. The smallest absolute Gasteiger partial charge is 0.330 e. The Morgan fingerprint density at radius 3 is 1.87 bits per heavy atom. The van der Waals surface area contributed by atoms with Crippen LogP contribution in [0.1, 0.15) is 37.1 Å². The molecule has 150 valence electrons. The van der Waals surface area contributed by atoms with Gasteiger partial charge < -0.3 is 5.32 Å². The van der Waals surface area contributed by atoms with E-state index in [0.29, 0.717) is 0 Å². The summed E-state index contributed by atoms with van der Waals surface area (Å²) in [4.78, 5) is 24.6. The van der Waals surface area contributed by atoms with Gasteiger partial charge in [-0.3, -0.25) is 0 Å². The molecular formula is C25H23N3O2. The van der Waals surface area contributed by atoms with Crippen LogP contribution >= 0.6 is 0 Å². The molecule has 0 heterocycles. The molecule has 0 aliphatic carbocycles. The normalized spacial score (nSPS) is 13.0. The van der Waals surface area contributed by atoms with Crippen molar-refractivity contribution in [3.63, 3.8) is 0 Å². The number of fused-ring (bicyclic) bond motifs is 2. The molecule has 0 fully saturated rings. The summed E-state index contributed by atoms with van der Waals surface area (Å²) < 4.78 is 0. The molecule has 1 N–H and O–H groups in total. The van der Waals surface area contributed by atoms with Crippen molar-refractivity contribution in [3.8, 4) is 0 Å². The maximum absolute atomic E-state index is 13.0. The molecule has 0 aromatic heterocycles. The third-order valence-corrected chi connectivity index (χ3v) is 5.57. The lowest BCUT2D eigenvalue weighted by Crippen LogP contribution is -2.39. The number of carbonyl (C=O) groups excluding carboxylic acids is 1. The van der Waals surface area contributed by atoms with Gasteiger partial charge in [-0.2, -0.15) is 5.01 Å². The van der Waals surface area contributed by atoms with E-state index in [1.54, 1.807) is 0 Å². The molecule has 4 aromatic rings. The molecule has 0 bridgehead atoms. The van der Waals surface area contributed by atoms with E-state index in [-0.39, 0.29) is 6.04 Å². The number of nitroso groups, excluding NO2 is 1. The Labute approximate surface area is 175 Å². The van der Waals surface area contributed by atoms with E-state index in [2.05, 4.69) is 10.6 Å². The van der Waals surface area contributed by atoms with Crippen molar-refractivity contribution in [3.05, 3.63) is 101 Å². The summed E-state index contributed by atoms with van der Waals surface area (Å²) in [6.45, 7) is 3.72. The maximum Gasteiger partial charge on any atom is 0.341 e. The van der Waals surface area contributed by atoms with E-state index in [1.807, 2.05) is 98.8 Å². The van der Waals surface area contributed by atoms with E-state index in [0.717, 1.165) is 37.7 Å². The molecular weight excluding hydrogens is 374 g/mol. The second kappa shape index (κ2) is 8.33. The fourth-order valence-corrected chi connectivity index (χ4v) is 3.99. The molecule has 2 atom stereocenters. The molecule has 4 rings (SSSR count). The lowest BCUT2D eigenvalue weighted by Gasteiger charge is -2.25. The molecule has 2 amide bonds. The van der Waals surface area contributed by atoms with Crippen LogP contribution in [0.3, 0.4) is 0 Å². The van der Waals surface area contributed by atoms with Gasteiger partial charge in [-0.15, -0.1) is 4.91 Å². The van der Waals surface area contributed by atoms with Crippen molar-refractivity contribution >= 4 is 27.6 Å². The van der Waals surface area contributed by atoms with Gasteiger partial charge in [0.25, 0.3) is 0 Å². The van der Waals surface area contributed by atoms with Crippen LogP contribution in [0.5, 0.6) is 0 Å². The average Bonchev–Trinajstić information content (AvgIpc) is 2.78. The highest BCUT2D eigenvalue weighted by Crippen LogP contribution is 2.29. The summed E-state index contributed by atoms with van der Waals surface area (Å²) in [6.07, 6.45) is 0. The van der Waals surface area contributed by atoms with Gasteiger partial charge in [0.1, 0.15) is 0 Å². The van der Waals surface area contributed by atoms with E-state index in [4.69, 9.17) is 0 Å². The van der Waals surface area contributed by atoms with Gasteiger partial charge in [0, 0.05) is 0 Å². The zero-order chi connectivity index (χ0) is 21.1. The Hall–Kier alpha value is -3.73. The lowest BCUT2D eigenvalue weighted by molar-refractivity contribution is 0.178. The van der Waals surface area contributed by atoms with Crippen LogP contribution in [0.2, 0.25) is 0 Å². The highest BCUT2D eigenvalue weighted by molar-refractivity contribution is 5.88. The minimum atomic E-state index is -0.522. The average molecular weight is 397 g/mol. The van der Waals surface area contributed by atoms with E-state index in [1.165, 1.54) is 0 Å². The standard InChI is InChI=1S/C25H23N3O2/c1-17(21-15-7-11-19-9-3-5-13-23(19)21)26-25(29)28(27-30)18(2)22-16-8-12-20-10-4-6-14-24(20)22/h3-18H,1-2H3,(H,26,29). The Morgan fingerprint density at radius 2 is 1.27 bits per heavy atom. The Bertz CT molecular complexity index is 1210. The second-order valence-corrected chi connectivity index (χ2v) is 7.41. The van der Waals surface area contributed by atoms with Gasteiger partial charge in [0.15, 0.2) is 0 Å². The first-order chi connectivity index (χ1) is 14.6. The number of nitrogens with zero attached hydrogens (tertiary/aromatic N) is 2. The van der Waals surface area contributed by atoms with Crippen LogP contribution in [0, 0.1) is 4.91 Å². The predicted molar refractivity (Wildman–Crippen MR) is 121 cm³/mol. The summed E-state index contributed by atoms with van der Waals surface area (Å²) in [6, 6.07) is 26.5. The number of benzene rings is 4. The number of rotatable bonds is 5. The monoisotopic (exact) mass is 397 g/mol. The number of hydrogen-bond acceptors (Lipinski definition) is 3. The third kappa shape index (κ3) is 3.62. The van der Waals surface area contributed by atoms with Gasteiger partial charge in [0.05, 0.1) is 17.4 Å². The molecule has 30 heavy (non-hydrogen) atoms. The SMILES string of the molecule is CC(NC(=O)N(N=O)C(C)c1cccc2ccccc12)c1cccc2ccccc12. The van der Waals surface area contributed by atoms with Crippen LogP contribution in [0.4, 0.5) is 4.79 Å². The second-order valence-electron chi connectivity index (χ2n) is 7.41. The van der Waals surface area contributed by atoms with Crippen molar-refractivity contribution in [2.75, 3.05) is 0 Å². The van der Waals surface area contributed by atoms with Crippen molar-refractivity contribution < 1.29 is 4.79 Å². The Kier molecular flexibility index (Phi) is 5.44. The number of carbonyl (C=O) groups is 1. The number of hydrogen-bond donors (Lipinski definition) is 1. The Morgan fingerprint density at radius 1 is 0.767 bits per heavy atom. The van der Waals surface area contributed by atoms with Crippen LogP contribution in [-0.2, 0) is 0 Å². The van der Waals surface area contributed by atoms with Crippen molar-refractivity contribution in [1.29, 1.82) is 0 Å². The summed E-state index contributed by atoms with van der Waals surface area (Å²) in [5.41, 5.74) is 1.87. The van der Waals surface area contributed by atoms with Crippen molar-refractivity contribution in [2.45, 2.75) is 25.9 Å². The zero-order valence-corrected chi connectivity index (χ0v) is 16.9. The Balaban J connectivity index is 1.60. The predicted octanol–water partition coefficient (Wildman–Crippen LogP) is 6.51. The van der Waals surface area contributed by atoms with Gasteiger partial charge in [0.2, 0.25) is 0 Å². The first kappa shape index (κ1) is 19.6. The summed E-state index contributed by atoms with van der Waals surface area (Å²) >= 11 is 0. The molecule has 0 aliphatic heterocycles. The molecule has 4 aromatic carbocycles. The van der Waals surface area contributed by atoms with Crippen LogP contribution in [0.15, 0.2) is 90.2 Å². The number of amides is 2. The van der Waals surface area contributed by atoms with Gasteiger partial charge in [-0.25, -0.2) is 4.79 Å². The first-order valence-electron chi connectivity index (χ1n) is 9.98. The molecule has 5 heteroatoms. The molecule has 0 spiro atoms. The van der Waals surface area contributed by atoms with Gasteiger partial charge in [-0.1, -0.05) is 84.9 Å². The minimum absolute atomic E-state index is 0.285. The largest absolute Gasteiger partial charge is 0.341 e. The number of nitrogens with one attached hydrogen (secondary N) is 1. The summed E-state index contributed by atoms with van der Waals surface area (Å²) in [5.74, 6) is 0. The maximum atomic E-state index is 13.0. The quantitative estimate of drug-likeness (QED) is 0.308. The summed E-state index contributed by atoms with van der Waals surface area (Å²) in [7, 11) is 0. The van der Waals surface area contributed by atoms with E-state index in [9.17, 15) is 9.70 Å². The fraction of sp³-hybridized carbons (Fsp3) is 0.160. The molecule has 0 aliphatic rings. The fourth-order valence-electron chi connectivity index (χ4n) is 3.99. The van der Waals surface area contributed by atoms with Crippen LogP contribution < -0.4 is 5.32 Å². The van der Waals surface area contributed by atoms with Crippen LogP contribution in [0.25, 0.3) is 21.5 Å². The summed E-state index contributed by atoms with van der Waals surface area (Å²) in [5, 5.41) is 11.2. The highest BCUT2D eigenvalue weighted by atomic mass is 16.3. The molecule has 0 saturated heterocycles. The number of urea groups is 1. The topological polar surface area (TPSA) is 61.8 Å². The van der Waals surface area contributed by atoms with Crippen LogP contribution in [-0.4, -0.2) is 11.0 Å². The van der Waals surface area contributed by atoms with Crippen molar-refractivity contribution in [1.82, 2.24) is 10.3 Å². The molecule has 5 nitrogen and oxygen atoms in total. The third-order valence-electron chi connectivity index (χ3n) is 5.57. The molecule has 2 unspecified atom stereocenters. The van der Waals surface area contributed by atoms with E-state index < -0.39 is 12.1 Å². The molecule has 0 saturated carbocycles. The zero-order valence-electron chi connectivity index (χ0n) is 16.9. The van der Waals surface area contributed by atoms with Gasteiger partial charge >= 0.3 is 6.03 Å². The first-order valence-corrected chi connectivity index (χ1v) is 9.98. The minimum Gasteiger partial charge on any atom is -0.330 e. The lowest BCUT2D eigenvalue weighted by atomic mass is 9.99. The van der Waals surface area contributed by atoms with Crippen molar-refractivity contribution in [2.24, 2.45) is 5.29 Å². The van der Waals surface area contributed by atoms with E-state index >= 15 is 0 Å². The van der Waals surface area contributed by atoms with Gasteiger partial charge in [-0.05, 0) is 46.5 Å².